The molecule has 106 valence electrons. The van der Waals surface area contributed by atoms with Gasteiger partial charge in [-0.1, -0.05) is 37.3 Å². The van der Waals surface area contributed by atoms with Gasteiger partial charge in [-0.3, -0.25) is 0 Å². The topological polar surface area (TPSA) is 64.3 Å². The molecule has 19 heavy (non-hydrogen) atoms. The fourth-order valence-electron chi connectivity index (χ4n) is 2.08. The first-order chi connectivity index (χ1) is 8.66. The van der Waals surface area contributed by atoms with E-state index >= 15 is 0 Å². The van der Waals surface area contributed by atoms with E-state index in [9.17, 15) is 4.79 Å². The van der Waals surface area contributed by atoms with Crippen LogP contribution in [0.2, 0.25) is 0 Å². The van der Waals surface area contributed by atoms with Gasteiger partial charge in [-0.25, -0.2) is 4.79 Å². The number of hydrogen-bond donors (Lipinski definition) is 2. The second kappa shape index (κ2) is 6.78. The Balaban J connectivity index is 0.00000180. The number of alkyl carbamates (subject to hydrolysis) is 1. The van der Waals surface area contributed by atoms with E-state index in [1.54, 1.807) is 0 Å². The molecule has 4 nitrogen and oxygen atoms in total. The molecule has 0 aromatic heterocycles. The third-order valence-corrected chi connectivity index (χ3v) is 3.50. The molecule has 0 unspecified atom stereocenters. The Labute approximate surface area is 120 Å². The van der Waals surface area contributed by atoms with E-state index in [2.05, 4.69) is 5.32 Å². The van der Waals surface area contributed by atoms with Crippen LogP contribution in [0.3, 0.4) is 0 Å². The van der Waals surface area contributed by atoms with Crippen LogP contribution in [-0.4, -0.2) is 17.7 Å². The van der Waals surface area contributed by atoms with Gasteiger partial charge in [0, 0.05) is 6.04 Å². The minimum atomic E-state index is -0.375. The summed E-state index contributed by atoms with van der Waals surface area (Å²) in [6, 6.07) is 9.65. The molecule has 1 aromatic carbocycles. The maximum absolute atomic E-state index is 11.7. The summed E-state index contributed by atoms with van der Waals surface area (Å²) >= 11 is 0. The summed E-state index contributed by atoms with van der Waals surface area (Å²) in [7, 11) is 0. The molecule has 1 saturated carbocycles. The summed E-state index contributed by atoms with van der Waals surface area (Å²) in [6.45, 7) is 2.33. The fraction of sp³-hybridized carbons (Fsp3) is 0.500. The van der Waals surface area contributed by atoms with Crippen LogP contribution in [0.5, 0.6) is 0 Å². The molecule has 0 spiro atoms. The number of nitrogens with two attached hydrogens (primary N) is 1. The first kappa shape index (κ1) is 15.8. The van der Waals surface area contributed by atoms with Crippen molar-refractivity contribution in [3.8, 4) is 0 Å². The van der Waals surface area contributed by atoms with Gasteiger partial charge in [0.1, 0.15) is 6.61 Å². The predicted molar refractivity (Wildman–Crippen MR) is 77.2 cm³/mol. The summed E-state index contributed by atoms with van der Waals surface area (Å²) in [6.07, 6.45) is 2.38. The molecule has 3 N–H and O–H groups in total. The third kappa shape index (κ3) is 4.11. The summed E-state index contributed by atoms with van der Waals surface area (Å²) in [4.78, 5) is 11.7. The highest BCUT2D eigenvalue weighted by atomic mass is 35.5. The molecule has 1 aliphatic rings. The fourth-order valence-corrected chi connectivity index (χ4v) is 2.08. The largest absolute Gasteiger partial charge is 0.445 e. The molecule has 1 fully saturated rings. The second-order valence-corrected chi connectivity index (χ2v) is 4.86. The van der Waals surface area contributed by atoms with E-state index in [1.807, 2.05) is 37.3 Å². The number of benzene rings is 1. The Bertz CT molecular complexity index is 407. The number of carbonyl (C=O) groups is 1. The van der Waals surface area contributed by atoms with E-state index < -0.39 is 0 Å². The number of carbonyl (C=O) groups excluding carboxylic acids is 1. The van der Waals surface area contributed by atoms with Gasteiger partial charge in [-0.2, -0.15) is 0 Å². The predicted octanol–water partition coefficient (Wildman–Crippen LogP) is 2.60. The van der Waals surface area contributed by atoms with Crippen molar-refractivity contribution in [3.05, 3.63) is 35.9 Å². The SMILES string of the molecule is CC[C@@H](N)C1(NC(=O)OCc2ccccc2)CC1.Cl. The van der Waals surface area contributed by atoms with Crippen LogP contribution in [0.25, 0.3) is 0 Å². The summed E-state index contributed by atoms with van der Waals surface area (Å²) < 4.78 is 5.19. The van der Waals surface area contributed by atoms with Gasteiger partial charge in [0.05, 0.1) is 5.54 Å². The molecule has 0 saturated heterocycles. The quantitative estimate of drug-likeness (QED) is 0.873. The van der Waals surface area contributed by atoms with E-state index in [-0.39, 0.29) is 30.1 Å². The molecule has 0 aliphatic heterocycles. The lowest BCUT2D eigenvalue weighted by molar-refractivity contribution is 0.132. The number of ether oxygens (including phenoxy) is 1. The van der Waals surface area contributed by atoms with E-state index in [4.69, 9.17) is 10.5 Å². The van der Waals surface area contributed by atoms with Crippen molar-refractivity contribution in [3.63, 3.8) is 0 Å². The Morgan fingerprint density at radius 3 is 2.58 bits per heavy atom. The summed E-state index contributed by atoms with van der Waals surface area (Å²) in [5, 5.41) is 2.90. The van der Waals surface area contributed by atoms with Crippen LogP contribution in [0.15, 0.2) is 30.3 Å². The van der Waals surface area contributed by atoms with E-state index in [0.29, 0.717) is 6.61 Å². The zero-order valence-corrected chi connectivity index (χ0v) is 11.9. The number of halogens is 1. The van der Waals surface area contributed by atoms with Gasteiger partial charge < -0.3 is 15.8 Å². The maximum atomic E-state index is 11.7. The van der Waals surface area contributed by atoms with Crippen molar-refractivity contribution < 1.29 is 9.53 Å². The highest BCUT2D eigenvalue weighted by Crippen LogP contribution is 2.39. The minimum absolute atomic E-state index is 0. The summed E-state index contributed by atoms with van der Waals surface area (Å²) in [5.74, 6) is 0. The first-order valence-electron chi connectivity index (χ1n) is 6.41. The molecule has 2 rings (SSSR count). The first-order valence-corrected chi connectivity index (χ1v) is 6.41. The van der Waals surface area contributed by atoms with E-state index in [1.165, 1.54) is 0 Å². The van der Waals surface area contributed by atoms with Crippen LogP contribution < -0.4 is 11.1 Å². The Morgan fingerprint density at radius 2 is 2.05 bits per heavy atom. The average molecular weight is 285 g/mol. The standard InChI is InChI=1S/C14H20N2O2.ClH/c1-2-12(15)14(8-9-14)16-13(17)18-10-11-6-4-3-5-7-11;/h3-7,12H,2,8-10,15H2,1H3,(H,16,17);1H/t12-;/m1./s1. The highest BCUT2D eigenvalue weighted by molar-refractivity contribution is 5.85. The molecule has 1 aromatic rings. The van der Waals surface area contributed by atoms with Crippen LogP contribution in [0, 0.1) is 0 Å². The van der Waals surface area contributed by atoms with Gasteiger partial charge in [-0.15, -0.1) is 12.4 Å². The van der Waals surface area contributed by atoms with Crippen molar-refractivity contribution in [1.29, 1.82) is 0 Å². The van der Waals surface area contributed by atoms with Crippen LogP contribution in [-0.2, 0) is 11.3 Å². The molecule has 0 bridgehead atoms. The van der Waals surface area contributed by atoms with Crippen molar-refractivity contribution in [1.82, 2.24) is 5.32 Å². The van der Waals surface area contributed by atoms with Gasteiger partial charge in [0.15, 0.2) is 0 Å². The third-order valence-electron chi connectivity index (χ3n) is 3.50. The normalized spacial score (nSPS) is 16.9. The van der Waals surface area contributed by atoms with Crippen LogP contribution in [0.1, 0.15) is 31.7 Å². The second-order valence-electron chi connectivity index (χ2n) is 4.86. The number of hydrogen-bond acceptors (Lipinski definition) is 3. The Morgan fingerprint density at radius 1 is 1.42 bits per heavy atom. The lowest BCUT2D eigenvalue weighted by atomic mass is 10.1. The number of amides is 1. The zero-order valence-electron chi connectivity index (χ0n) is 11.1. The smallest absolute Gasteiger partial charge is 0.407 e. The van der Waals surface area contributed by atoms with Gasteiger partial charge in [0.2, 0.25) is 0 Å². The zero-order chi connectivity index (χ0) is 13.0. The molecule has 0 heterocycles. The lowest BCUT2D eigenvalue weighted by Crippen LogP contribution is -2.49. The highest BCUT2D eigenvalue weighted by Gasteiger charge is 2.48. The maximum Gasteiger partial charge on any atom is 0.407 e. The molecular formula is C14H21ClN2O2. The van der Waals surface area contributed by atoms with Gasteiger partial charge in [0.25, 0.3) is 0 Å². The molecule has 1 aliphatic carbocycles. The molecule has 1 atom stereocenters. The summed E-state index contributed by atoms with van der Waals surface area (Å²) in [5.41, 5.74) is 6.76. The van der Waals surface area contributed by atoms with Crippen molar-refractivity contribution in [2.75, 3.05) is 0 Å². The minimum Gasteiger partial charge on any atom is -0.445 e. The van der Waals surface area contributed by atoms with Gasteiger partial charge >= 0.3 is 6.09 Å². The number of nitrogens with one attached hydrogen (secondary N) is 1. The van der Waals surface area contributed by atoms with Crippen LogP contribution in [0.4, 0.5) is 4.79 Å². The monoisotopic (exact) mass is 284 g/mol. The molecule has 0 radical (unpaired) electrons. The van der Waals surface area contributed by atoms with Crippen molar-refractivity contribution in [2.45, 2.75) is 44.4 Å². The lowest BCUT2D eigenvalue weighted by Gasteiger charge is -2.23. The van der Waals surface area contributed by atoms with E-state index in [0.717, 1.165) is 24.8 Å². The van der Waals surface area contributed by atoms with Crippen molar-refractivity contribution in [2.24, 2.45) is 5.73 Å². The van der Waals surface area contributed by atoms with Crippen molar-refractivity contribution >= 4 is 18.5 Å². The van der Waals surface area contributed by atoms with Gasteiger partial charge in [-0.05, 0) is 24.8 Å². The molecule has 1 amide bonds. The molecular weight excluding hydrogens is 264 g/mol. The van der Waals surface area contributed by atoms with Crippen LogP contribution >= 0.6 is 12.4 Å². The number of rotatable bonds is 5. The average Bonchev–Trinajstić information content (AvgIpc) is 3.17. The Hall–Kier alpha value is -1.26. The molecule has 5 heteroatoms. The Kier molecular flexibility index (Phi) is 5.63.